The van der Waals surface area contributed by atoms with Crippen LogP contribution >= 0.6 is 0 Å². The Kier molecular flexibility index (Phi) is 4.15. The minimum absolute atomic E-state index is 0.0955. The Morgan fingerprint density at radius 3 is 3.05 bits per heavy atom. The van der Waals surface area contributed by atoms with E-state index in [1.54, 1.807) is 23.7 Å². The molecule has 1 aliphatic carbocycles. The van der Waals surface area contributed by atoms with Crippen molar-refractivity contribution in [3.63, 3.8) is 0 Å². The summed E-state index contributed by atoms with van der Waals surface area (Å²) in [6.07, 6.45) is 8.87. The van der Waals surface area contributed by atoms with Gasteiger partial charge in [-0.2, -0.15) is 0 Å². The number of hydrogen-bond acceptors (Lipinski definition) is 4. The molecule has 0 saturated carbocycles. The molecule has 22 heavy (non-hydrogen) atoms. The molecule has 0 spiro atoms. The average Bonchev–Trinajstić information content (AvgIpc) is 2.54. The molecule has 2 aliphatic rings. The zero-order valence-electron chi connectivity index (χ0n) is 12.6. The van der Waals surface area contributed by atoms with E-state index in [4.69, 9.17) is 9.94 Å². The highest BCUT2D eigenvalue weighted by molar-refractivity contribution is 5.95. The van der Waals surface area contributed by atoms with E-state index in [2.05, 4.69) is 23.1 Å². The predicted molar refractivity (Wildman–Crippen MR) is 84.5 cm³/mol. The molecule has 0 aromatic heterocycles. The summed E-state index contributed by atoms with van der Waals surface area (Å²) >= 11 is 0. The lowest BCUT2D eigenvalue weighted by Gasteiger charge is -2.35. The van der Waals surface area contributed by atoms with Crippen LogP contribution in [0.15, 0.2) is 42.0 Å². The van der Waals surface area contributed by atoms with E-state index in [0.717, 1.165) is 37.4 Å². The molecule has 1 heterocycles. The first-order chi connectivity index (χ1) is 10.7. The van der Waals surface area contributed by atoms with Gasteiger partial charge in [0.15, 0.2) is 0 Å². The highest BCUT2D eigenvalue weighted by atomic mass is 16.5. The number of fused-ring (bicyclic) bond motifs is 1. The fraction of sp³-hybridized carbons (Fsp3) is 0.353. The summed E-state index contributed by atoms with van der Waals surface area (Å²) in [5, 5.41) is 8.80. The minimum Gasteiger partial charge on any atom is -0.487 e. The first kappa shape index (κ1) is 14.7. The quantitative estimate of drug-likeness (QED) is 0.665. The van der Waals surface area contributed by atoms with E-state index >= 15 is 0 Å². The Balaban J connectivity index is 1.90. The molecule has 1 aliphatic heterocycles. The topological polar surface area (TPSA) is 61.8 Å². The molecule has 0 saturated heterocycles. The molecular weight excluding hydrogens is 280 g/mol. The maximum atomic E-state index is 11.6. The zero-order valence-corrected chi connectivity index (χ0v) is 12.6. The molecule has 5 nitrogen and oxygen atoms in total. The van der Waals surface area contributed by atoms with E-state index in [1.165, 1.54) is 5.57 Å². The number of carbonyl (C=O) groups is 1. The van der Waals surface area contributed by atoms with Gasteiger partial charge in [0.25, 0.3) is 5.91 Å². The Bertz CT molecular complexity index is 637. The predicted octanol–water partition coefficient (Wildman–Crippen LogP) is 2.67. The second-order valence-corrected chi connectivity index (χ2v) is 5.69. The van der Waals surface area contributed by atoms with Crippen molar-refractivity contribution in [3.8, 4) is 5.75 Å². The number of anilines is 1. The summed E-state index contributed by atoms with van der Waals surface area (Å²) in [5.41, 5.74) is 4.26. The minimum atomic E-state index is -0.516. The first-order valence-electron chi connectivity index (χ1n) is 7.53. The highest BCUT2D eigenvalue weighted by Crippen LogP contribution is 2.35. The summed E-state index contributed by atoms with van der Waals surface area (Å²) in [7, 11) is 0. The van der Waals surface area contributed by atoms with Crippen LogP contribution in [0.3, 0.4) is 0 Å². The molecule has 1 aromatic carbocycles. The van der Waals surface area contributed by atoms with Crippen LogP contribution in [0.4, 0.5) is 5.69 Å². The summed E-state index contributed by atoms with van der Waals surface area (Å²) in [6, 6.07) is 5.20. The van der Waals surface area contributed by atoms with Gasteiger partial charge in [0.1, 0.15) is 11.9 Å². The van der Waals surface area contributed by atoms with Crippen molar-refractivity contribution in [3.05, 3.63) is 47.6 Å². The van der Waals surface area contributed by atoms with Gasteiger partial charge in [-0.25, -0.2) is 5.48 Å². The van der Waals surface area contributed by atoms with Crippen LogP contribution in [-0.4, -0.2) is 30.3 Å². The van der Waals surface area contributed by atoms with Gasteiger partial charge in [0.2, 0.25) is 0 Å². The number of hydroxylamine groups is 1. The van der Waals surface area contributed by atoms with Crippen LogP contribution in [0.25, 0.3) is 0 Å². The summed E-state index contributed by atoms with van der Waals surface area (Å²) in [5.74, 6) is 0.256. The molecule has 0 fully saturated rings. The van der Waals surface area contributed by atoms with Crippen molar-refractivity contribution >= 4 is 11.6 Å². The number of benzene rings is 1. The Labute approximate surface area is 129 Å². The van der Waals surface area contributed by atoms with E-state index in [9.17, 15) is 4.79 Å². The van der Waals surface area contributed by atoms with Gasteiger partial charge in [-0.3, -0.25) is 10.0 Å². The lowest BCUT2D eigenvalue weighted by Crippen LogP contribution is -2.39. The summed E-state index contributed by atoms with van der Waals surface area (Å²) in [6.45, 7) is 3.60. The monoisotopic (exact) mass is 300 g/mol. The average molecular weight is 300 g/mol. The SMILES string of the molecule is CC1CN(CC2=CCCC=C2)c2cc(C(=O)NO)ccc2O1. The zero-order chi connectivity index (χ0) is 15.5. The van der Waals surface area contributed by atoms with Crippen LogP contribution in [0.1, 0.15) is 30.1 Å². The van der Waals surface area contributed by atoms with Crippen molar-refractivity contribution < 1.29 is 14.7 Å². The van der Waals surface area contributed by atoms with Crippen molar-refractivity contribution in [2.45, 2.75) is 25.9 Å². The smallest absolute Gasteiger partial charge is 0.274 e. The molecule has 2 N–H and O–H groups in total. The number of rotatable bonds is 3. The molecular formula is C17H20N2O3. The maximum Gasteiger partial charge on any atom is 0.274 e. The Morgan fingerprint density at radius 1 is 1.45 bits per heavy atom. The number of carbonyl (C=O) groups excluding carboxylic acids is 1. The normalized spacial score (nSPS) is 20.0. The third kappa shape index (κ3) is 2.99. The van der Waals surface area contributed by atoms with Crippen molar-refractivity contribution in [2.24, 2.45) is 0 Å². The second-order valence-electron chi connectivity index (χ2n) is 5.69. The standard InChI is InChI=1S/C17H20N2O3/c1-12-10-19(11-13-5-3-2-4-6-13)15-9-14(17(20)18-21)7-8-16(15)22-12/h3,5-9,12,21H,2,4,10-11H2,1H3,(H,18,20). The van der Waals surface area contributed by atoms with Crippen molar-refractivity contribution in [2.75, 3.05) is 18.0 Å². The first-order valence-corrected chi connectivity index (χ1v) is 7.53. The molecule has 3 rings (SSSR count). The number of allylic oxidation sites excluding steroid dienone is 2. The van der Waals surface area contributed by atoms with Gasteiger partial charge in [-0.15, -0.1) is 0 Å². The van der Waals surface area contributed by atoms with Gasteiger partial charge in [0.05, 0.1) is 12.2 Å². The third-order valence-corrected chi connectivity index (χ3v) is 3.91. The number of amides is 1. The largest absolute Gasteiger partial charge is 0.487 e. The third-order valence-electron chi connectivity index (χ3n) is 3.91. The number of nitrogens with one attached hydrogen (secondary N) is 1. The van der Waals surface area contributed by atoms with Gasteiger partial charge >= 0.3 is 0 Å². The lowest BCUT2D eigenvalue weighted by atomic mass is 10.0. The molecule has 1 unspecified atom stereocenters. The Morgan fingerprint density at radius 2 is 2.32 bits per heavy atom. The molecule has 5 heteroatoms. The number of ether oxygens (including phenoxy) is 1. The molecule has 1 atom stereocenters. The highest BCUT2D eigenvalue weighted by Gasteiger charge is 2.24. The molecule has 116 valence electrons. The second kappa shape index (κ2) is 6.23. The van der Waals surface area contributed by atoms with Crippen molar-refractivity contribution in [1.82, 2.24) is 5.48 Å². The van der Waals surface area contributed by atoms with Crippen LogP contribution < -0.4 is 15.1 Å². The van der Waals surface area contributed by atoms with Crippen LogP contribution in [0, 0.1) is 0 Å². The fourth-order valence-electron chi connectivity index (χ4n) is 2.89. The van der Waals surface area contributed by atoms with Gasteiger partial charge in [-0.05, 0) is 43.5 Å². The van der Waals surface area contributed by atoms with Crippen molar-refractivity contribution in [1.29, 1.82) is 0 Å². The van der Waals surface area contributed by atoms with E-state index < -0.39 is 5.91 Å². The lowest BCUT2D eigenvalue weighted by molar-refractivity contribution is 0.0706. The van der Waals surface area contributed by atoms with Crippen LogP contribution in [0.5, 0.6) is 5.75 Å². The molecule has 1 amide bonds. The maximum absolute atomic E-state index is 11.6. The summed E-state index contributed by atoms with van der Waals surface area (Å²) in [4.78, 5) is 13.8. The van der Waals surface area contributed by atoms with Gasteiger partial charge in [0, 0.05) is 12.1 Å². The van der Waals surface area contributed by atoms with E-state index in [0.29, 0.717) is 5.56 Å². The van der Waals surface area contributed by atoms with Gasteiger partial charge in [-0.1, -0.05) is 18.2 Å². The molecule has 1 aromatic rings. The molecule has 0 radical (unpaired) electrons. The Hall–Kier alpha value is -2.27. The number of hydrogen-bond donors (Lipinski definition) is 2. The van der Waals surface area contributed by atoms with E-state index in [-0.39, 0.29) is 6.10 Å². The summed E-state index contributed by atoms with van der Waals surface area (Å²) < 4.78 is 5.85. The van der Waals surface area contributed by atoms with Gasteiger partial charge < -0.3 is 9.64 Å². The van der Waals surface area contributed by atoms with Crippen LogP contribution in [0.2, 0.25) is 0 Å². The molecule has 0 bridgehead atoms. The number of nitrogens with zero attached hydrogens (tertiary/aromatic N) is 1. The van der Waals surface area contributed by atoms with Crippen LogP contribution in [-0.2, 0) is 0 Å². The fourth-order valence-corrected chi connectivity index (χ4v) is 2.89. The van der Waals surface area contributed by atoms with E-state index in [1.807, 2.05) is 6.92 Å².